The second-order valence-electron chi connectivity index (χ2n) is 6.40. The highest BCUT2D eigenvalue weighted by molar-refractivity contribution is 6.29. The predicted octanol–water partition coefficient (Wildman–Crippen LogP) is 3.55. The number of rotatable bonds is 1. The van der Waals surface area contributed by atoms with E-state index in [0.29, 0.717) is 30.0 Å². The van der Waals surface area contributed by atoms with Crippen LogP contribution in [0.1, 0.15) is 51.0 Å². The lowest BCUT2D eigenvalue weighted by Gasteiger charge is -2.33. The smallest absolute Gasteiger partial charge is 0.410 e. The maximum atomic E-state index is 12.0. The van der Waals surface area contributed by atoms with Gasteiger partial charge in [0.05, 0.1) is 0 Å². The van der Waals surface area contributed by atoms with Crippen molar-refractivity contribution in [3.8, 4) is 0 Å². The molecule has 1 saturated heterocycles. The van der Waals surface area contributed by atoms with Crippen LogP contribution < -0.4 is 0 Å². The maximum absolute atomic E-state index is 12.0. The number of piperidine rings is 1. The highest BCUT2D eigenvalue weighted by atomic mass is 35.5. The first-order valence-electron chi connectivity index (χ1n) is 7.23. The molecule has 0 bridgehead atoms. The predicted molar refractivity (Wildman–Crippen MR) is 81.6 cm³/mol. The molecule has 1 fully saturated rings. The molecule has 1 aliphatic heterocycles. The number of nitrogens with zero attached hydrogens (tertiary/aromatic N) is 3. The van der Waals surface area contributed by atoms with Crippen molar-refractivity contribution < 1.29 is 9.53 Å². The Morgan fingerprint density at radius 1 is 1.33 bits per heavy atom. The lowest BCUT2D eigenvalue weighted by molar-refractivity contribution is 0.0204. The minimum absolute atomic E-state index is 0.238. The van der Waals surface area contributed by atoms with Gasteiger partial charge >= 0.3 is 6.09 Å². The SMILES string of the molecule is Cc1nc(Cl)cc(C2CCN(C(=O)OC(C)(C)C)CC2)n1. The van der Waals surface area contributed by atoms with Crippen molar-refractivity contribution in [3.05, 3.63) is 22.7 Å². The van der Waals surface area contributed by atoms with E-state index in [0.717, 1.165) is 18.5 Å². The van der Waals surface area contributed by atoms with E-state index in [9.17, 15) is 4.79 Å². The molecule has 6 heteroatoms. The largest absolute Gasteiger partial charge is 0.444 e. The number of aromatic nitrogens is 2. The maximum Gasteiger partial charge on any atom is 0.410 e. The van der Waals surface area contributed by atoms with E-state index in [-0.39, 0.29) is 6.09 Å². The Hall–Kier alpha value is -1.36. The van der Waals surface area contributed by atoms with Crippen molar-refractivity contribution in [1.82, 2.24) is 14.9 Å². The van der Waals surface area contributed by atoms with Gasteiger partial charge in [-0.05, 0) is 46.6 Å². The topological polar surface area (TPSA) is 55.3 Å². The molecule has 116 valence electrons. The molecule has 2 heterocycles. The number of hydrogen-bond donors (Lipinski definition) is 0. The molecular formula is C15H22ClN3O2. The van der Waals surface area contributed by atoms with Gasteiger partial charge < -0.3 is 9.64 Å². The van der Waals surface area contributed by atoms with Crippen LogP contribution >= 0.6 is 11.6 Å². The Labute approximate surface area is 130 Å². The van der Waals surface area contributed by atoms with Gasteiger partial charge in [0.25, 0.3) is 0 Å². The molecule has 1 amide bonds. The molecule has 0 N–H and O–H groups in total. The molecule has 2 rings (SSSR count). The summed E-state index contributed by atoms with van der Waals surface area (Å²) in [5, 5.41) is 0.479. The Kier molecular flexibility index (Phi) is 4.71. The number of carbonyl (C=O) groups is 1. The monoisotopic (exact) mass is 311 g/mol. The number of aryl methyl sites for hydroxylation is 1. The van der Waals surface area contributed by atoms with E-state index in [1.54, 1.807) is 4.90 Å². The van der Waals surface area contributed by atoms with E-state index in [1.165, 1.54) is 0 Å². The van der Waals surface area contributed by atoms with Gasteiger partial charge in [0, 0.05) is 24.7 Å². The van der Waals surface area contributed by atoms with Gasteiger partial charge in [0.1, 0.15) is 16.6 Å². The first kappa shape index (κ1) is 16.0. The average Bonchev–Trinajstić information content (AvgIpc) is 2.35. The lowest BCUT2D eigenvalue weighted by atomic mass is 9.93. The second-order valence-corrected chi connectivity index (χ2v) is 6.79. The minimum Gasteiger partial charge on any atom is -0.444 e. The number of amides is 1. The second kappa shape index (κ2) is 6.18. The van der Waals surface area contributed by atoms with Crippen LogP contribution in [0.25, 0.3) is 0 Å². The van der Waals surface area contributed by atoms with Crippen molar-refractivity contribution in [2.75, 3.05) is 13.1 Å². The van der Waals surface area contributed by atoms with Crippen LogP contribution in [0.2, 0.25) is 5.15 Å². The van der Waals surface area contributed by atoms with E-state index in [1.807, 2.05) is 33.8 Å². The van der Waals surface area contributed by atoms with E-state index in [2.05, 4.69) is 9.97 Å². The minimum atomic E-state index is -0.453. The fourth-order valence-electron chi connectivity index (χ4n) is 2.45. The van der Waals surface area contributed by atoms with E-state index >= 15 is 0 Å². The van der Waals surface area contributed by atoms with Crippen molar-refractivity contribution >= 4 is 17.7 Å². The summed E-state index contributed by atoms with van der Waals surface area (Å²) >= 11 is 5.99. The van der Waals surface area contributed by atoms with Crippen LogP contribution in [0.5, 0.6) is 0 Å². The summed E-state index contributed by atoms with van der Waals surface area (Å²) in [5.41, 5.74) is 0.516. The summed E-state index contributed by atoms with van der Waals surface area (Å²) in [6.45, 7) is 8.83. The summed E-state index contributed by atoms with van der Waals surface area (Å²) in [6, 6.07) is 1.82. The standard InChI is InChI=1S/C15H22ClN3O2/c1-10-17-12(9-13(16)18-10)11-5-7-19(8-6-11)14(20)21-15(2,3)4/h9,11H,5-8H2,1-4H3. The van der Waals surface area contributed by atoms with E-state index in [4.69, 9.17) is 16.3 Å². The van der Waals surface area contributed by atoms with Gasteiger partial charge in [-0.2, -0.15) is 0 Å². The first-order valence-corrected chi connectivity index (χ1v) is 7.61. The highest BCUT2D eigenvalue weighted by Crippen LogP contribution is 2.28. The number of ether oxygens (including phenoxy) is 1. The molecule has 0 unspecified atom stereocenters. The van der Waals surface area contributed by atoms with Gasteiger partial charge in [-0.1, -0.05) is 11.6 Å². The summed E-state index contributed by atoms with van der Waals surface area (Å²) in [7, 11) is 0. The third-order valence-corrected chi connectivity index (χ3v) is 3.59. The summed E-state index contributed by atoms with van der Waals surface area (Å²) in [4.78, 5) is 22.3. The van der Waals surface area contributed by atoms with Crippen LogP contribution in [0.3, 0.4) is 0 Å². The quantitative estimate of drug-likeness (QED) is 0.744. The van der Waals surface area contributed by atoms with Gasteiger partial charge in [-0.15, -0.1) is 0 Å². The number of carbonyl (C=O) groups excluding carboxylic acids is 1. The molecule has 1 aliphatic rings. The summed E-state index contributed by atoms with van der Waals surface area (Å²) in [6.07, 6.45) is 1.50. The molecule has 1 aromatic rings. The number of halogens is 1. The van der Waals surface area contributed by atoms with Crippen molar-refractivity contribution in [3.63, 3.8) is 0 Å². The zero-order chi connectivity index (χ0) is 15.6. The molecule has 0 radical (unpaired) electrons. The van der Waals surface area contributed by atoms with Crippen molar-refractivity contribution in [2.24, 2.45) is 0 Å². The highest BCUT2D eigenvalue weighted by Gasteiger charge is 2.28. The molecule has 5 nitrogen and oxygen atoms in total. The fourth-order valence-corrected chi connectivity index (χ4v) is 2.68. The fraction of sp³-hybridized carbons (Fsp3) is 0.667. The molecule has 0 aromatic carbocycles. The zero-order valence-electron chi connectivity index (χ0n) is 13.0. The van der Waals surface area contributed by atoms with Crippen molar-refractivity contribution in [2.45, 2.75) is 52.1 Å². The molecule has 0 atom stereocenters. The molecule has 21 heavy (non-hydrogen) atoms. The van der Waals surface area contributed by atoms with Crippen molar-refractivity contribution in [1.29, 1.82) is 0 Å². The summed E-state index contributed by atoms with van der Waals surface area (Å²) in [5.74, 6) is 1.01. The number of hydrogen-bond acceptors (Lipinski definition) is 4. The normalized spacial score (nSPS) is 16.9. The third-order valence-electron chi connectivity index (χ3n) is 3.39. The first-order chi connectivity index (χ1) is 9.74. The van der Waals surface area contributed by atoms with Crippen LogP contribution in [0.15, 0.2) is 6.07 Å². The Morgan fingerprint density at radius 2 is 1.95 bits per heavy atom. The zero-order valence-corrected chi connectivity index (χ0v) is 13.8. The van der Waals surface area contributed by atoms with Gasteiger partial charge in [0.15, 0.2) is 0 Å². The summed E-state index contributed by atoms with van der Waals surface area (Å²) < 4.78 is 5.40. The van der Waals surface area contributed by atoms with Crippen LogP contribution in [0, 0.1) is 6.92 Å². The Balaban J connectivity index is 1.95. The molecular weight excluding hydrogens is 290 g/mol. The molecule has 0 aliphatic carbocycles. The molecule has 0 spiro atoms. The molecule has 1 aromatic heterocycles. The Morgan fingerprint density at radius 3 is 2.48 bits per heavy atom. The van der Waals surface area contributed by atoms with E-state index < -0.39 is 5.60 Å². The average molecular weight is 312 g/mol. The van der Waals surface area contributed by atoms with Gasteiger partial charge in [-0.25, -0.2) is 14.8 Å². The van der Waals surface area contributed by atoms with Gasteiger partial charge in [0.2, 0.25) is 0 Å². The van der Waals surface area contributed by atoms with Crippen LogP contribution in [-0.4, -0.2) is 39.7 Å². The molecule has 0 saturated carbocycles. The third kappa shape index (κ3) is 4.56. The lowest BCUT2D eigenvalue weighted by Crippen LogP contribution is -2.41. The number of likely N-dealkylation sites (tertiary alicyclic amines) is 1. The van der Waals surface area contributed by atoms with Crippen LogP contribution in [0.4, 0.5) is 4.79 Å². The Bertz CT molecular complexity index is 500. The van der Waals surface area contributed by atoms with Gasteiger partial charge in [-0.3, -0.25) is 0 Å². The van der Waals surface area contributed by atoms with Crippen LogP contribution in [-0.2, 0) is 4.74 Å².